The summed E-state index contributed by atoms with van der Waals surface area (Å²) >= 11 is 0. The maximum atomic E-state index is 5.67. The van der Waals surface area contributed by atoms with Crippen LogP contribution in [-0.4, -0.2) is 30.1 Å². The normalized spacial score (nSPS) is 24.9. The lowest BCUT2D eigenvalue weighted by molar-refractivity contribution is 0.0782. The first-order chi connectivity index (χ1) is 4.61. The van der Waals surface area contributed by atoms with Gasteiger partial charge in [-0.3, -0.25) is 4.90 Å². The van der Waals surface area contributed by atoms with Crippen LogP contribution in [0.4, 0.5) is 0 Å². The predicted molar refractivity (Wildman–Crippen MR) is 43.8 cm³/mol. The molecule has 10 heavy (non-hydrogen) atoms. The Bertz CT molecular complexity index is 106. The van der Waals surface area contributed by atoms with Crippen LogP contribution in [0.25, 0.3) is 0 Å². The number of likely N-dealkylation sites (tertiary alicyclic amines) is 1. The van der Waals surface area contributed by atoms with Gasteiger partial charge in [-0.1, -0.05) is 13.8 Å². The van der Waals surface area contributed by atoms with E-state index in [0.717, 1.165) is 19.0 Å². The molecule has 60 valence electrons. The maximum Gasteiger partial charge on any atom is 0.0297 e. The molecule has 0 saturated carbocycles. The van der Waals surface area contributed by atoms with Crippen molar-refractivity contribution in [3.05, 3.63) is 0 Å². The summed E-state index contributed by atoms with van der Waals surface area (Å²) in [6.07, 6.45) is 0. The fraction of sp³-hybridized carbons (Fsp3) is 1.00. The zero-order valence-electron chi connectivity index (χ0n) is 7.17. The van der Waals surface area contributed by atoms with Crippen LogP contribution in [-0.2, 0) is 0 Å². The van der Waals surface area contributed by atoms with Gasteiger partial charge >= 0.3 is 0 Å². The topological polar surface area (TPSA) is 29.3 Å². The van der Waals surface area contributed by atoms with Gasteiger partial charge in [0, 0.05) is 25.2 Å². The van der Waals surface area contributed by atoms with E-state index in [1.165, 1.54) is 0 Å². The minimum atomic E-state index is 0.446. The van der Waals surface area contributed by atoms with Gasteiger partial charge in [0.15, 0.2) is 0 Å². The highest BCUT2D eigenvalue weighted by molar-refractivity contribution is 4.86. The quantitative estimate of drug-likeness (QED) is 0.614. The Balaban J connectivity index is 2.24. The van der Waals surface area contributed by atoms with Crippen molar-refractivity contribution >= 4 is 0 Å². The molecular weight excluding hydrogens is 124 g/mol. The third-order valence-corrected chi connectivity index (χ3v) is 2.48. The summed E-state index contributed by atoms with van der Waals surface area (Å²) in [4.78, 5) is 2.44. The van der Waals surface area contributed by atoms with Crippen molar-refractivity contribution < 1.29 is 0 Å². The first-order valence-corrected chi connectivity index (χ1v) is 4.11. The van der Waals surface area contributed by atoms with Crippen LogP contribution in [0, 0.1) is 5.92 Å². The number of nitrogens with two attached hydrogens (primary N) is 1. The minimum Gasteiger partial charge on any atom is -0.325 e. The molecule has 1 aliphatic heterocycles. The summed E-state index contributed by atoms with van der Waals surface area (Å²) < 4.78 is 0. The SMILES string of the molecule is CC(C)[C@H](C)N1CC(N)C1. The Labute approximate surface area is 63.4 Å². The maximum absolute atomic E-state index is 5.67. The van der Waals surface area contributed by atoms with Crippen molar-refractivity contribution in [2.75, 3.05) is 13.1 Å². The van der Waals surface area contributed by atoms with Crippen molar-refractivity contribution in [3.8, 4) is 0 Å². The monoisotopic (exact) mass is 142 g/mol. The average Bonchev–Trinajstić information content (AvgIpc) is 1.79. The molecule has 0 radical (unpaired) electrons. The molecular formula is C8H18N2. The summed E-state index contributed by atoms with van der Waals surface area (Å²) in [5, 5.41) is 0. The molecule has 0 aromatic carbocycles. The van der Waals surface area contributed by atoms with Crippen molar-refractivity contribution in [1.29, 1.82) is 0 Å². The van der Waals surface area contributed by atoms with Gasteiger partial charge in [-0.05, 0) is 12.8 Å². The standard InChI is InChI=1S/C8H18N2/c1-6(2)7(3)10-4-8(9)5-10/h6-8H,4-5,9H2,1-3H3/t7-/m0/s1. The summed E-state index contributed by atoms with van der Waals surface area (Å²) in [6, 6.07) is 1.15. The Kier molecular flexibility index (Phi) is 2.32. The van der Waals surface area contributed by atoms with Gasteiger partial charge in [0.2, 0.25) is 0 Å². The van der Waals surface area contributed by atoms with Crippen LogP contribution >= 0.6 is 0 Å². The number of rotatable bonds is 2. The largest absolute Gasteiger partial charge is 0.325 e. The molecule has 0 aliphatic carbocycles. The molecule has 0 bridgehead atoms. The van der Waals surface area contributed by atoms with E-state index in [9.17, 15) is 0 Å². The second-order valence-electron chi connectivity index (χ2n) is 3.70. The van der Waals surface area contributed by atoms with Gasteiger partial charge < -0.3 is 5.73 Å². The van der Waals surface area contributed by atoms with Gasteiger partial charge in [-0.15, -0.1) is 0 Å². The van der Waals surface area contributed by atoms with Crippen LogP contribution in [0.5, 0.6) is 0 Å². The molecule has 1 atom stereocenters. The molecule has 1 heterocycles. The third kappa shape index (κ3) is 1.50. The summed E-state index contributed by atoms with van der Waals surface area (Å²) in [5.74, 6) is 0.757. The molecule has 0 aromatic heterocycles. The van der Waals surface area contributed by atoms with E-state index in [2.05, 4.69) is 25.7 Å². The summed E-state index contributed by atoms with van der Waals surface area (Å²) in [5.41, 5.74) is 5.67. The van der Waals surface area contributed by atoms with Gasteiger partial charge in [0.05, 0.1) is 0 Å². The Morgan fingerprint density at radius 1 is 1.30 bits per heavy atom. The highest BCUT2D eigenvalue weighted by atomic mass is 15.2. The first-order valence-electron chi connectivity index (χ1n) is 4.11. The number of hydrogen-bond acceptors (Lipinski definition) is 2. The van der Waals surface area contributed by atoms with Crippen LogP contribution in [0.3, 0.4) is 0 Å². The summed E-state index contributed by atoms with van der Waals surface area (Å²) in [7, 11) is 0. The second kappa shape index (κ2) is 2.89. The van der Waals surface area contributed by atoms with E-state index in [1.54, 1.807) is 0 Å². The molecule has 1 aliphatic rings. The van der Waals surface area contributed by atoms with E-state index < -0.39 is 0 Å². The van der Waals surface area contributed by atoms with Crippen LogP contribution in [0.15, 0.2) is 0 Å². The average molecular weight is 142 g/mol. The van der Waals surface area contributed by atoms with Crippen molar-refractivity contribution in [3.63, 3.8) is 0 Å². The van der Waals surface area contributed by atoms with Crippen LogP contribution in [0.1, 0.15) is 20.8 Å². The van der Waals surface area contributed by atoms with E-state index in [1.807, 2.05) is 0 Å². The minimum absolute atomic E-state index is 0.446. The fourth-order valence-electron chi connectivity index (χ4n) is 1.30. The first kappa shape index (κ1) is 8.02. The van der Waals surface area contributed by atoms with Crippen LogP contribution < -0.4 is 5.73 Å². The molecule has 0 amide bonds. The zero-order valence-corrected chi connectivity index (χ0v) is 7.17. The molecule has 2 nitrogen and oxygen atoms in total. The van der Waals surface area contributed by atoms with Gasteiger partial charge in [-0.2, -0.15) is 0 Å². The highest BCUT2D eigenvalue weighted by Gasteiger charge is 2.28. The van der Waals surface area contributed by atoms with Gasteiger partial charge in [0.25, 0.3) is 0 Å². The number of nitrogens with zero attached hydrogens (tertiary/aromatic N) is 1. The van der Waals surface area contributed by atoms with Gasteiger partial charge in [0.1, 0.15) is 0 Å². The lowest BCUT2D eigenvalue weighted by atomic mass is 9.99. The van der Waals surface area contributed by atoms with E-state index in [0.29, 0.717) is 12.1 Å². The third-order valence-electron chi connectivity index (χ3n) is 2.48. The predicted octanol–water partition coefficient (Wildman–Crippen LogP) is 0.674. The Hall–Kier alpha value is -0.0800. The highest BCUT2D eigenvalue weighted by Crippen LogP contribution is 2.16. The molecule has 1 fully saturated rings. The fourth-order valence-corrected chi connectivity index (χ4v) is 1.30. The van der Waals surface area contributed by atoms with E-state index in [-0.39, 0.29) is 0 Å². The molecule has 2 heteroatoms. The molecule has 2 N–H and O–H groups in total. The Morgan fingerprint density at radius 3 is 2.10 bits per heavy atom. The molecule has 1 saturated heterocycles. The second-order valence-corrected chi connectivity index (χ2v) is 3.70. The Morgan fingerprint density at radius 2 is 1.80 bits per heavy atom. The molecule has 0 spiro atoms. The van der Waals surface area contributed by atoms with Crippen molar-refractivity contribution in [2.45, 2.75) is 32.9 Å². The van der Waals surface area contributed by atoms with Gasteiger partial charge in [-0.25, -0.2) is 0 Å². The molecule has 0 aromatic rings. The van der Waals surface area contributed by atoms with E-state index >= 15 is 0 Å². The van der Waals surface area contributed by atoms with Crippen LogP contribution in [0.2, 0.25) is 0 Å². The van der Waals surface area contributed by atoms with Crippen molar-refractivity contribution in [2.24, 2.45) is 11.7 Å². The molecule has 1 rings (SSSR count). The van der Waals surface area contributed by atoms with E-state index in [4.69, 9.17) is 5.73 Å². The lowest BCUT2D eigenvalue weighted by Gasteiger charge is -2.42. The number of hydrogen-bond donors (Lipinski definition) is 1. The van der Waals surface area contributed by atoms with Crippen molar-refractivity contribution in [1.82, 2.24) is 4.90 Å². The lowest BCUT2D eigenvalue weighted by Crippen LogP contribution is -2.59. The molecule has 0 unspecified atom stereocenters. The zero-order chi connectivity index (χ0) is 7.72. The smallest absolute Gasteiger partial charge is 0.0297 e. The summed E-state index contributed by atoms with van der Waals surface area (Å²) in [6.45, 7) is 8.98.